The van der Waals surface area contributed by atoms with Crippen molar-refractivity contribution in [3.63, 3.8) is 0 Å². The summed E-state index contributed by atoms with van der Waals surface area (Å²) in [6.45, 7) is 5.84. The van der Waals surface area contributed by atoms with Crippen LogP contribution in [0.4, 0.5) is 4.79 Å². The van der Waals surface area contributed by atoms with E-state index < -0.39 is 5.54 Å². The normalized spacial score (nSPS) is 19.1. The SMILES string of the molecule is C=C(Br)CNC(=O)NC(C)(CO)C1CC1. The highest BCUT2D eigenvalue weighted by Crippen LogP contribution is 2.39. The van der Waals surface area contributed by atoms with Gasteiger partial charge in [-0.1, -0.05) is 22.5 Å². The maximum atomic E-state index is 11.5. The van der Waals surface area contributed by atoms with Crippen LogP contribution in [0.3, 0.4) is 0 Å². The molecule has 4 nitrogen and oxygen atoms in total. The summed E-state index contributed by atoms with van der Waals surface area (Å²) in [4.78, 5) is 11.5. The van der Waals surface area contributed by atoms with Crippen LogP contribution < -0.4 is 10.6 Å². The number of rotatable bonds is 5. The van der Waals surface area contributed by atoms with Gasteiger partial charge in [-0.2, -0.15) is 0 Å². The molecule has 1 aliphatic carbocycles. The van der Waals surface area contributed by atoms with Crippen molar-refractivity contribution in [1.82, 2.24) is 10.6 Å². The first kappa shape index (κ1) is 12.5. The maximum absolute atomic E-state index is 11.5. The summed E-state index contributed by atoms with van der Waals surface area (Å²) in [5.41, 5.74) is -0.488. The van der Waals surface area contributed by atoms with Crippen molar-refractivity contribution in [2.24, 2.45) is 5.92 Å². The minimum atomic E-state index is -0.488. The minimum absolute atomic E-state index is 0.0274. The van der Waals surface area contributed by atoms with Gasteiger partial charge in [0.2, 0.25) is 0 Å². The third kappa shape index (κ3) is 3.83. The van der Waals surface area contributed by atoms with E-state index in [1.54, 1.807) is 0 Å². The molecule has 0 radical (unpaired) electrons. The Balaban J connectivity index is 2.37. The Morgan fingerprint density at radius 1 is 1.67 bits per heavy atom. The predicted octanol–water partition coefficient (Wildman–Crippen LogP) is 1.36. The third-order valence-corrected chi connectivity index (χ3v) is 2.93. The molecule has 86 valence electrons. The molecule has 0 saturated heterocycles. The van der Waals surface area contributed by atoms with E-state index in [1.165, 1.54) is 0 Å². The monoisotopic (exact) mass is 276 g/mol. The summed E-state index contributed by atoms with van der Waals surface area (Å²) < 4.78 is 0.717. The molecular formula is C10H17BrN2O2. The van der Waals surface area contributed by atoms with E-state index in [1.807, 2.05) is 6.92 Å². The molecule has 0 spiro atoms. The number of amides is 2. The van der Waals surface area contributed by atoms with Gasteiger partial charge in [-0.05, 0) is 25.7 Å². The average Bonchev–Trinajstić information content (AvgIpc) is 2.97. The molecule has 1 rings (SSSR count). The van der Waals surface area contributed by atoms with Gasteiger partial charge in [-0.25, -0.2) is 4.79 Å². The van der Waals surface area contributed by atoms with Gasteiger partial charge in [0.1, 0.15) is 0 Å². The summed E-state index contributed by atoms with van der Waals surface area (Å²) in [6.07, 6.45) is 2.14. The van der Waals surface area contributed by atoms with E-state index >= 15 is 0 Å². The number of aliphatic hydroxyl groups excluding tert-OH is 1. The molecule has 2 amide bonds. The van der Waals surface area contributed by atoms with Crippen molar-refractivity contribution in [2.75, 3.05) is 13.2 Å². The van der Waals surface area contributed by atoms with Gasteiger partial charge in [-0.15, -0.1) is 0 Å². The first-order valence-electron chi connectivity index (χ1n) is 4.98. The summed E-state index contributed by atoms with van der Waals surface area (Å²) in [6, 6.07) is -0.265. The molecule has 0 bridgehead atoms. The standard InChI is InChI=1S/C10H17BrN2O2/c1-7(11)5-12-9(15)13-10(2,6-14)8-3-4-8/h8,14H,1,3-6H2,2H3,(H2,12,13,15). The van der Waals surface area contributed by atoms with Gasteiger partial charge in [-0.3, -0.25) is 0 Å². The van der Waals surface area contributed by atoms with Crippen LogP contribution in [0.5, 0.6) is 0 Å². The number of hydrogen-bond acceptors (Lipinski definition) is 2. The van der Waals surface area contributed by atoms with Crippen LogP contribution in [0.25, 0.3) is 0 Å². The first-order valence-corrected chi connectivity index (χ1v) is 5.77. The Morgan fingerprint density at radius 3 is 2.67 bits per heavy atom. The second kappa shape index (κ2) is 4.99. The largest absolute Gasteiger partial charge is 0.394 e. The van der Waals surface area contributed by atoms with Crippen molar-refractivity contribution in [1.29, 1.82) is 0 Å². The van der Waals surface area contributed by atoms with Crippen LogP contribution in [0.1, 0.15) is 19.8 Å². The fourth-order valence-electron chi connectivity index (χ4n) is 1.47. The van der Waals surface area contributed by atoms with Gasteiger partial charge in [0, 0.05) is 4.48 Å². The number of carbonyl (C=O) groups is 1. The van der Waals surface area contributed by atoms with Gasteiger partial charge in [0.25, 0.3) is 0 Å². The second-order valence-electron chi connectivity index (χ2n) is 4.17. The highest BCUT2D eigenvalue weighted by atomic mass is 79.9. The molecule has 15 heavy (non-hydrogen) atoms. The molecule has 0 aromatic carbocycles. The average molecular weight is 277 g/mol. The Hall–Kier alpha value is -0.550. The quantitative estimate of drug-likeness (QED) is 0.710. The molecule has 3 N–H and O–H groups in total. The second-order valence-corrected chi connectivity index (χ2v) is 5.30. The molecule has 0 aromatic heterocycles. The molecule has 0 heterocycles. The molecule has 5 heteroatoms. The lowest BCUT2D eigenvalue weighted by atomic mass is 9.97. The fraction of sp³-hybridized carbons (Fsp3) is 0.700. The Morgan fingerprint density at radius 2 is 2.27 bits per heavy atom. The molecule has 1 aliphatic rings. The zero-order valence-corrected chi connectivity index (χ0v) is 10.4. The number of carbonyl (C=O) groups excluding carboxylic acids is 1. The molecule has 1 unspecified atom stereocenters. The Kier molecular flexibility index (Phi) is 4.16. The molecule has 1 saturated carbocycles. The zero-order chi connectivity index (χ0) is 11.5. The van der Waals surface area contributed by atoms with Crippen LogP contribution in [0.2, 0.25) is 0 Å². The van der Waals surface area contributed by atoms with Gasteiger partial charge < -0.3 is 15.7 Å². The molecule has 1 atom stereocenters. The van der Waals surface area contributed by atoms with Gasteiger partial charge >= 0.3 is 6.03 Å². The van der Waals surface area contributed by atoms with Crippen LogP contribution in [-0.2, 0) is 0 Å². The molecule has 0 aromatic rings. The van der Waals surface area contributed by atoms with Crippen LogP contribution in [-0.4, -0.2) is 29.8 Å². The lowest BCUT2D eigenvalue weighted by Crippen LogP contribution is -2.54. The van der Waals surface area contributed by atoms with E-state index in [0.717, 1.165) is 17.3 Å². The fourth-order valence-corrected chi connectivity index (χ4v) is 1.61. The maximum Gasteiger partial charge on any atom is 0.315 e. The van der Waals surface area contributed by atoms with Crippen molar-refractivity contribution >= 4 is 22.0 Å². The topological polar surface area (TPSA) is 61.4 Å². The number of halogens is 1. The highest BCUT2D eigenvalue weighted by Gasteiger charge is 2.42. The van der Waals surface area contributed by atoms with E-state index in [-0.39, 0.29) is 12.6 Å². The predicted molar refractivity (Wildman–Crippen MR) is 62.8 cm³/mol. The smallest absolute Gasteiger partial charge is 0.315 e. The minimum Gasteiger partial charge on any atom is -0.394 e. The third-order valence-electron chi connectivity index (χ3n) is 2.65. The Bertz CT molecular complexity index is 266. The lowest BCUT2D eigenvalue weighted by molar-refractivity contribution is 0.155. The summed E-state index contributed by atoms with van der Waals surface area (Å²) in [5.74, 6) is 0.403. The van der Waals surface area contributed by atoms with Gasteiger partial charge in [0.15, 0.2) is 0 Å². The number of nitrogens with one attached hydrogen (secondary N) is 2. The molecular weight excluding hydrogens is 260 g/mol. The number of hydrogen-bond donors (Lipinski definition) is 3. The van der Waals surface area contributed by atoms with E-state index in [0.29, 0.717) is 12.5 Å². The van der Waals surface area contributed by atoms with Crippen LogP contribution >= 0.6 is 15.9 Å². The number of urea groups is 1. The number of aliphatic hydroxyl groups is 1. The van der Waals surface area contributed by atoms with E-state index in [9.17, 15) is 9.90 Å². The molecule has 0 aliphatic heterocycles. The lowest BCUT2D eigenvalue weighted by Gasteiger charge is -2.28. The van der Waals surface area contributed by atoms with Gasteiger partial charge in [0.05, 0.1) is 18.7 Å². The first-order chi connectivity index (χ1) is 6.98. The van der Waals surface area contributed by atoms with Crippen molar-refractivity contribution in [3.8, 4) is 0 Å². The van der Waals surface area contributed by atoms with E-state index in [2.05, 4.69) is 33.1 Å². The molecule has 1 fully saturated rings. The van der Waals surface area contributed by atoms with E-state index in [4.69, 9.17) is 0 Å². The summed E-state index contributed by atoms with van der Waals surface area (Å²) in [7, 11) is 0. The van der Waals surface area contributed by atoms with Crippen LogP contribution in [0, 0.1) is 5.92 Å². The van der Waals surface area contributed by atoms with Crippen molar-refractivity contribution in [3.05, 3.63) is 11.1 Å². The summed E-state index contributed by atoms with van der Waals surface area (Å²) >= 11 is 3.15. The van der Waals surface area contributed by atoms with Crippen molar-refractivity contribution in [2.45, 2.75) is 25.3 Å². The Labute approximate surface area is 98.3 Å². The highest BCUT2D eigenvalue weighted by molar-refractivity contribution is 9.11. The van der Waals surface area contributed by atoms with Crippen molar-refractivity contribution < 1.29 is 9.90 Å². The van der Waals surface area contributed by atoms with Crippen LogP contribution in [0.15, 0.2) is 11.1 Å². The zero-order valence-electron chi connectivity index (χ0n) is 8.85. The summed E-state index contributed by atoms with van der Waals surface area (Å²) in [5, 5.41) is 14.7.